The molecule has 1 aromatic heterocycles. The van der Waals surface area contributed by atoms with E-state index in [1.54, 1.807) is 76.6 Å². The second-order valence-electron chi connectivity index (χ2n) is 35.5. The number of carbonyl (C=O) groups is 9. The number of nitrogens with one attached hydrogen (secondary N) is 5. The molecule has 4 saturated heterocycles. The van der Waals surface area contributed by atoms with E-state index in [0.29, 0.717) is 96.3 Å². The van der Waals surface area contributed by atoms with Gasteiger partial charge in [-0.1, -0.05) is 133 Å². The molecule has 0 radical (unpaired) electrons. The summed E-state index contributed by atoms with van der Waals surface area (Å²) in [4.78, 5) is 132. The van der Waals surface area contributed by atoms with Crippen molar-refractivity contribution in [3.05, 3.63) is 91.0 Å². The van der Waals surface area contributed by atoms with Gasteiger partial charge in [-0.2, -0.15) is 5.48 Å². The predicted octanol–water partition coefficient (Wildman–Crippen LogP) is 7.57. The van der Waals surface area contributed by atoms with Crippen LogP contribution in [0.4, 0.5) is 15.3 Å². The number of allylic oxidation sites excluding steroid dienone is 3. The summed E-state index contributed by atoms with van der Waals surface area (Å²) in [5, 5.41) is 87.4. The SMILES string of the molecule is CCN(C(=O)CNC(=O)OCc1ccc(NC(=O)[C@H](C)CC(=O)[C@@H](NC(=O)CCCn2nnc(CBr)c2CBr)C(C)C)cc1)C1COC(OC2C(O[C@H]3C#C/C=C\C#C[C@]4(O)CC(=O)C(NC(=O)OC)=C3/C4=C\CSSC(C)(C)CCC(=O)CCCOCCOCCOCCO)OC(C)C(NOC3CC(O)C(SC(=O)c4c(C)c(I)c(OC5OC(C)C(O)C(OC)C5O)c(OC)c4OC)C(C)O3)C2O)CC1OC. The van der Waals surface area contributed by atoms with Crippen molar-refractivity contribution < 1.29 is 154 Å². The van der Waals surface area contributed by atoms with Crippen molar-refractivity contribution in [1.82, 2.24) is 41.3 Å². The number of benzene rings is 2. The monoisotopic (exact) mass is 2310 g/mol. The van der Waals surface area contributed by atoms with E-state index in [1.807, 2.05) is 50.3 Å². The third kappa shape index (κ3) is 33.7. The number of fused-ring (bicyclic) bond motifs is 2. The first-order chi connectivity index (χ1) is 68.3. The molecular weight excluding hydrogens is 2170 g/mol. The van der Waals surface area contributed by atoms with Crippen molar-refractivity contribution in [2.24, 2.45) is 11.8 Å². The minimum Gasteiger partial charge on any atom is -0.492 e. The molecule has 0 saturated carbocycles. The number of hydrogen-bond acceptors (Lipinski definition) is 38. The maximum atomic E-state index is 14.7. The number of likely N-dealkylation sites (N-methyl/N-ethyl adjacent to an activating group) is 1. The van der Waals surface area contributed by atoms with Crippen LogP contribution in [0.5, 0.6) is 17.2 Å². The Bertz CT molecular complexity index is 4990. The number of thioether (sulfide) groups is 1. The number of alkyl halides is 2. The van der Waals surface area contributed by atoms with Gasteiger partial charge in [-0.05, 0) is 132 Å². The summed E-state index contributed by atoms with van der Waals surface area (Å²) in [6.07, 6.45) is -16.1. The summed E-state index contributed by atoms with van der Waals surface area (Å²) in [5.74, 6) is 8.34. The van der Waals surface area contributed by atoms with Gasteiger partial charge in [0, 0.05) is 116 Å². The molecule has 3 aromatic rings. The molecule has 6 aliphatic rings. The number of ether oxygens (including phenoxy) is 16. The van der Waals surface area contributed by atoms with Gasteiger partial charge in [0.25, 0.3) is 0 Å². The molecule has 2 bridgehead atoms. The molecule has 47 heteroatoms. The fourth-order valence-corrected chi connectivity index (χ4v) is 21.8. The van der Waals surface area contributed by atoms with E-state index in [-0.39, 0.29) is 134 Å². The molecule has 9 rings (SSSR count). The lowest BCUT2D eigenvalue weighted by molar-refractivity contribution is -0.337. The van der Waals surface area contributed by atoms with Crippen molar-refractivity contribution in [1.29, 1.82) is 0 Å². The van der Waals surface area contributed by atoms with Gasteiger partial charge in [-0.25, -0.2) is 14.3 Å². The van der Waals surface area contributed by atoms with E-state index in [2.05, 4.69) is 92.6 Å². The molecule has 2 aliphatic carbocycles. The van der Waals surface area contributed by atoms with Gasteiger partial charge in [0.2, 0.25) is 34.9 Å². The largest absolute Gasteiger partial charge is 0.492 e. The van der Waals surface area contributed by atoms with Crippen LogP contribution in [0.2, 0.25) is 0 Å². The van der Waals surface area contributed by atoms with E-state index < -0.39 is 180 Å². The number of carbonyl (C=O) groups excluding carboxylic acids is 9. The molecule has 0 spiro atoms. The van der Waals surface area contributed by atoms with Gasteiger partial charge in [0.15, 0.2) is 47.5 Å². The Morgan fingerprint density at radius 3 is 2.15 bits per heavy atom. The molecule has 17 unspecified atom stereocenters. The topological polar surface area (TPSA) is 526 Å². The molecule has 4 aliphatic heterocycles. The first-order valence-electron chi connectivity index (χ1n) is 47.1. The Balaban J connectivity index is 0.882. The highest BCUT2D eigenvalue weighted by molar-refractivity contribution is 14.1. The van der Waals surface area contributed by atoms with E-state index in [9.17, 15) is 68.7 Å². The number of hydrogen-bond donors (Lipinski definition) is 11. The third-order valence-electron chi connectivity index (χ3n) is 24.4. The van der Waals surface area contributed by atoms with Crippen LogP contribution in [0.3, 0.4) is 0 Å². The lowest BCUT2D eigenvalue weighted by Crippen LogP contribution is -2.65. The standard InChI is InChI=1S/C96H134Br2IN9O32S3/c1-16-107(71(115)49-100-93(121)133-50-58-26-28-59(29-27-58)101-89(119)53(4)43-65(111)77(52(2)3)102-70(114)25-21-34-108-63(48-98)62(47-97)104-106-108)64-51-132-72(45-69(64)124-11)138-86-81(117)78(105-140-73-44-66(112)88(57(8)134-73)142-90(120)74-54(5)76(99)84(87(127-14)83(74)125-12)139-91-82(118)85(126-13)80(116)56(7)136-91)55(6)135-92(86)137-68-24-19-17-18-20-32-96(123)46-67(113)79(103-94(122)128-15)75(68)61(96)31-42-141-143-95(9,10)33-30-60(110)23-22-36-129-38-40-131-41-39-130-37-35-109/h17-18,26-29,31,52-53,55-57,64,66,68-69,72-73,77-78,80-82,85-86,88,91-92,105,109,112,116-118,123H,16,21-23,25,30,33-51H2,1-15H3,(H,100,121)(H,101,119)(H,102,114)(H,103,122)/b18-17-,61-31+/t53-,55?,56?,57?,64?,66?,68+,69?,72?,73?,77+,78?,80?,81?,82?,85?,86?,88?,91?,92?,96+/m1/s1. The summed E-state index contributed by atoms with van der Waals surface area (Å²) in [7, 11) is 9.36. The highest BCUT2D eigenvalue weighted by Gasteiger charge is 2.53. The van der Waals surface area contributed by atoms with Crippen LogP contribution in [0.1, 0.15) is 159 Å². The van der Waals surface area contributed by atoms with Crippen LogP contribution >= 0.6 is 87.8 Å². The Hall–Kier alpha value is -7.07. The van der Waals surface area contributed by atoms with Crippen molar-refractivity contribution in [3.8, 4) is 40.9 Å². The molecular formula is C96H134Br2IN9O32S3. The Labute approximate surface area is 875 Å². The second kappa shape index (κ2) is 58.8. The minimum absolute atomic E-state index is 0.00833. The molecule has 11 N–H and O–H groups in total. The number of ketones is 3. The molecule has 5 heterocycles. The molecule has 794 valence electrons. The van der Waals surface area contributed by atoms with Crippen LogP contribution in [0, 0.1) is 46.0 Å². The van der Waals surface area contributed by atoms with Crippen LogP contribution in [-0.2, 0) is 119 Å². The number of amides is 5. The quantitative estimate of drug-likeness (QED) is 0.00648. The van der Waals surface area contributed by atoms with Crippen molar-refractivity contribution >= 4 is 146 Å². The van der Waals surface area contributed by atoms with Gasteiger partial charge in [0.05, 0.1) is 154 Å². The number of nitrogens with zero attached hydrogens (tertiary/aromatic N) is 4. The van der Waals surface area contributed by atoms with E-state index in [4.69, 9.17) is 85.7 Å². The molecule has 41 nitrogen and oxygen atoms in total. The van der Waals surface area contributed by atoms with Gasteiger partial charge in [-0.3, -0.25) is 43.7 Å². The zero-order chi connectivity index (χ0) is 105. The first kappa shape index (κ1) is 119. The number of aryl methyl sites for hydroxylation is 1. The van der Waals surface area contributed by atoms with E-state index in [1.165, 1.54) is 67.1 Å². The number of aromatic nitrogens is 3. The lowest BCUT2D eigenvalue weighted by Gasteiger charge is -2.47. The summed E-state index contributed by atoms with van der Waals surface area (Å²) >= 11 is 9.62. The van der Waals surface area contributed by atoms with Gasteiger partial charge >= 0.3 is 12.2 Å². The van der Waals surface area contributed by atoms with Crippen molar-refractivity contribution in [3.63, 3.8) is 0 Å². The number of hydroxylamine groups is 1. The maximum Gasteiger partial charge on any atom is 0.411 e. The number of alkyl carbamates (subject to hydrolysis) is 2. The Morgan fingerprint density at radius 1 is 0.790 bits per heavy atom. The summed E-state index contributed by atoms with van der Waals surface area (Å²) in [6.45, 7) is 18.9. The zero-order valence-corrected chi connectivity index (χ0v) is 90.6. The average Bonchev–Trinajstić information content (AvgIpc) is 1.11. The number of aliphatic hydroxyl groups is 6. The van der Waals surface area contributed by atoms with E-state index in [0.717, 1.165) is 30.3 Å². The number of Topliss-reactive ketones (excluding diaryl/α,β-unsaturated/α-hetero) is 3. The molecule has 2 aromatic carbocycles. The van der Waals surface area contributed by atoms with Crippen molar-refractivity contribution in [2.45, 2.75) is 283 Å². The highest BCUT2D eigenvalue weighted by Crippen LogP contribution is 2.50. The number of rotatable bonds is 54. The highest BCUT2D eigenvalue weighted by atomic mass is 127. The van der Waals surface area contributed by atoms with Crippen LogP contribution in [0.25, 0.3) is 0 Å². The molecule has 143 heavy (non-hydrogen) atoms. The third-order valence-corrected chi connectivity index (χ3v) is 31.4. The smallest absolute Gasteiger partial charge is 0.411 e. The predicted molar refractivity (Wildman–Crippen MR) is 540 cm³/mol. The summed E-state index contributed by atoms with van der Waals surface area (Å²) in [5.41, 5.74) is 3.18. The van der Waals surface area contributed by atoms with Crippen LogP contribution < -0.4 is 41.0 Å². The number of anilines is 1. The normalized spacial score (nSPS) is 26.4. The fourth-order valence-electron chi connectivity index (χ4n) is 16.6. The summed E-state index contributed by atoms with van der Waals surface area (Å²) in [6, 6.07) is 3.52. The number of halogens is 3. The van der Waals surface area contributed by atoms with Crippen LogP contribution in [-0.4, -0.2) is 336 Å². The molecule has 4 fully saturated rings. The average molecular weight is 2310 g/mol. The number of aliphatic hydroxyl groups excluding tert-OH is 5. The Morgan fingerprint density at radius 2 is 1.49 bits per heavy atom. The summed E-state index contributed by atoms with van der Waals surface area (Å²) < 4.78 is 97.1. The van der Waals surface area contributed by atoms with Crippen LogP contribution in [0.15, 0.2) is 59.3 Å². The van der Waals surface area contributed by atoms with Crippen molar-refractivity contribution in [2.75, 3.05) is 113 Å². The first-order valence-corrected chi connectivity index (χ1v) is 53.6. The minimum atomic E-state index is -2.26. The number of methoxy groups -OCH3 is 5. The second-order valence-corrected chi connectivity index (χ2v) is 41.9. The van der Waals surface area contributed by atoms with Gasteiger partial charge in [0.1, 0.15) is 55.6 Å². The Kier molecular flexibility index (Phi) is 49.1. The lowest BCUT2D eigenvalue weighted by atomic mass is 9.75. The van der Waals surface area contributed by atoms with Gasteiger partial charge < -0.3 is 127 Å². The maximum absolute atomic E-state index is 14.7. The van der Waals surface area contributed by atoms with E-state index >= 15 is 0 Å². The fraction of sp³-hybridized carbons (Fsp3) is 0.656. The molecule has 21 atom stereocenters. The zero-order valence-electron chi connectivity index (χ0n) is 82.8. The molecule has 5 amide bonds. The van der Waals surface area contributed by atoms with Gasteiger partial charge in [-0.15, -0.1) is 5.10 Å².